The van der Waals surface area contributed by atoms with Gasteiger partial charge in [0.1, 0.15) is 6.17 Å². The molecule has 2 aliphatic heterocycles. The first-order valence-electron chi connectivity index (χ1n) is 10.0. The van der Waals surface area contributed by atoms with Gasteiger partial charge in [-0.25, -0.2) is 10.9 Å². The Morgan fingerprint density at radius 3 is 2.18 bits per heavy atom. The fourth-order valence-corrected chi connectivity index (χ4v) is 3.70. The van der Waals surface area contributed by atoms with E-state index >= 15 is 0 Å². The summed E-state index contributed by atoms with van der Waals surface area (Å²) in [6.07, 6.45) is 5.27. The van der Waals surface area contributed by atoms with Crippen molar-refractivity contribution in [3.63, 3.8) is 0 Å². The van der Waals surface area contributed by atoms with E-state index in [2.05, 4.69) is 44.3 Å². The van der Waals surface area contributed by atoms with Gasteiger partial charge in [0.05, 0.1) is 0 Å². The maximum Gasteiger partial charge on any atom is 0.255 e. The maximum absolute atomic E-state index is 12.5. The number of carbonyl (C=O) groups excluding carboxylic acids is 1. The van der Waals surface area contributed by atoms with E-state index in [9.17, 15) is 4.79 Å². The van der Waals surface area contributed by atoms with Crippen LogP contribution in [0.4, 0.5) is 5.69 Å². The number of rotatable bonds is 5. The van der Waals surface area contributed by atoms with Gasteiger partial charge in [0.25, 0.3) is 5.91 Å². The Labute approximate surface area is 165 Å². The zero-order chi connectivity index (χ0) is 19.2. The van der Waals surface area contributed by atoms with Crippen LogP contribution in [-0.2, 0) is 6.54 Å². The molecule has 5 N–H and O–H groups in total. The largest absolute Gasteiger partial charge is 0.322 e. The van der Waals surface area contributed by atoms with Crippen LogP contribution in [-0.4, -0.2) is 23.9 Å². The highest BCUT2D eigenvalue weighted by molar-refractivity contribution is 6.04. The van der Waals surface area contributed by atoms with Crippen LogP contribution < -0.4 is 27.2 Å². The molecule has 28 heavy (non-hydrogen) atoms. The van der Waals surface area contributed by atoms with Gasteiger partial charge in [-0.3, -0.25) is 9.69 Å². The lowest BCUT2D eigenvalue weighted by Crippen LogP contribution is -2.33. The molecule has 2 heterocycles. The second-order valence-electron chi connectivity index (χ2n) is 7.44. The van der Waals surface area contributed by atoms with E-state index in [4.69, 9.17) is 0 Å². The molecular formula is C21H28N6O. The molecule has 0 aliphatic carbocycles. The zero-order valence-electron chi connectivity index (χ0n) is 16.0. The van der Waals surface area contributed by atoms with E-state index in [1.54, 1.807) is 0 Å². The van der Waals surface area contributed by atoms with Gasteiger partial charge in [0.2, 0.25) is 0 Å². The predicted octanol–water partition coefficient (Wildman–Crippen LogP) is 2.43. The number of nitrogens with zero attached hydrogens (tertiary/aromatic N) is 1. The molecule has 2 aliphatic rings. The smallest absolute Gasteiger partial charge is 0.255 e. The van der Waals surface area contributed by atoms with Crippen molar-refractivity contribution in [3.8, 4) is 0 Å². The van der Waals surface area contributed by atoms with Crippen LogP contribution in [0.2, 0.25) is 0 Å². The van der Waals surface area contributed by atoms with Crippen molar-refractivity contribution in [2.24, 2.45) is 0 Å². The number of anilines is 1. The van der Waals surface area contributed by atoms with Crippen molar-refractivity contribution in [1.82, 2.24) is 26.8 Å². The maximum atomic E-state index is 12.5. The molecule has 2 aromatic carbocycles. The lowest BCUT2D eigenvalue weighted by molar-refractivity contribution is 0.102. The molecule has 2 aromatic rings. The number of carbonyl (C=O) groups is 1. The Morgan fingerprint density at radius 2 is 1.54 bits per heavy atom. The quantitative estimate of drug-likeness (QED) is 0.548. The van der Waals surface area contributed by atoms with Crippen LogP contribution in [0.25, 0.3) is 0 Å². The Balaban J connectivity index is 1.32. The Hall–Kier alpha value is -2.29. The summed E-state index contributed by atoms with van der Waals surface area (Å²) in [7, 11) is 0. The van der Waals surface area contributed by atoms with E-state index in [0.29, 0.717) is 5.56 Å². The van der Waals surface area contributed by atoms with Crippen molar-refractivity contribution < 1.29 is 4.79 Å². The molecule has 0 radical (unpaired) electrons. The fraction of sp³-hybridized carbons (Fsp3) is 0.381. The van der Waals surface area contributed by atoms with E-state index < -0.39 is 0 Å². The van der Waals surface area contributed by atoms with Crippen molar-refractivity contribution >= 4 is 11.6 Å². The molecule has 0 spiro atoms. The second kappa shape index (κ2) is 9.27. The van der Waals surface area contributed by atoms with E-state index in [1.807, 2.05) is 36.4 Å². The first-order chi connectivity index (χ1) is 13.8. The molecule has 0 atom stereocenters. The summed E-state index contributed by atoms with van der Waals surface area (Å²) in [6, 6.07) is 15.7. The molecule has 0 saturated carbocycles. The third kappa shape index (κ3) is 4.95. The SMILES string of the molecule is O=C(Nc1ccc(CN2CCCCCC2)cc1)c1ccc(C2NNNN2)cc1. The van der Waals surface area contributed by atoms with Crippen LogP contribution in [0.5, 0.6) is 0 Å². The first kappa shape index (κ1) is 19.0. The summed E-state index contributed by atoms with van der Waals surface area (Å²) in [5.74, 6) is -0.101. The lowest BCUT2D eigenvalue weighted by atomic mass is 10.1. The molecule has 0 bridgehead atoms. The third-order valence-electron chi connectivity index (χ3n) is 5.32. The van der Waals surface area contributed by atoms with Crippen LogP contribution in [0, 0.1) is 0 Å². The highest BCUT2D eigenvalue weighted by Crippen LogP contribution is 2.17. The minimum absolute atomic E-state index is 0.0335. The summed E-state index contributed by atoms with van der Waals surface area (Å²) in [5.41, 5.74) is 15.4. The zero-order valence-corrected chi connectivity index (χ0v) is 16.0. The Bertz CT molecular complexity index is 762. The molecule has 7 nitrogen and oxygen atoms in total. The highest BCUT2D eigenvalue weighted by atomic mass is 16.1. The van der Waals surface area contributed by atoms with Gasteiger partial charge in [0.15, 0.2) is 0 Å². The second-order valence-corrected chi connectivity index (χ2v) is 7.44. The van der Waals surface area contributed by atoms with Crippen molar-refractivity contribution in [1.29, 1.82) is 0 Å². The molecule has 7 heteroatoms. The van der Waals surface area contributed by atoms with Crippen molar-refractivity contribution in [2.75, 3.05) is 18.4 Å². The average molecular weight is 380 g/mol. The van der Waals surface area contributed by atoms with Crippen molar-refractivity contribution in [3.05, 3.63) is 65.2 Å². The van der Waals surface area contributed by atoms with Gasteiger partial charge in [0, 0.05) is 17.8 Å². The highest BCUT2D eigenvalue weighted by Gasteiger charge is 2.15. The fourth-order valence-electron chi connectivity index (χ4n) is 3.70. The minimum atomic E-state index is -0.101. The number of hydrogen-bond acceptors (Lipinski definition) is 6. The molecule has 148 valence electrons. The summed E-state index contributed by atoms with van der Waals surface area (Å²) in [6.45, 7) is 3.36. The molecule has 0 aromatic heterocycles. The molecular weight excluding hydrogens is 352 g/mol. The number of amides is 1. The molecule has 2 fully saturated rings. The Morgan fingerprint density at radius 1 is 0.893 bits per heavy atom. The number of hydrogen-bond donors (Lipinski definition) is 5. The van der Waals surface area contributed by atoms with Gasteiger partial charge in [-0.15, -0.1) is 0 Å². The third-order valence-corrected chi connectivity index (χ3v) is 5.32. The summed E-state index contributed by atoms with van der Waals surface area (Å²) in [4.78, 5) is 15.0. The molecule has 2 saturated heterocycles. The van der Waals surface area contributed by atoms with E-state index in [1.165, 1.54) is 44.3 Å². The number of benzene rings is 2. The Kier molecular flexibility index (Phi) is 6.31. The summed E-state index contributed by atoms with van der Waals surface area (Å²) in [5, 5.41) is 2.98. The summed E-state index contributed by atoms with van der Waals surface area (Å²) < 4.78 is 0. The molecule has 1 amide bonds. The van der Waals surface area contributed by atoms with Crippen LogP contribution in [0.15, 0.2) is 48.5 Å². The minimum Gasteiger partial charge on any atom is -0.322 e. The van der Waals surface area contributed by atoms with Gasteiger partial charge in [-0.1, -0.05) is 37.1 Å². The monoisotopic (exact) mass is 380 g/mol. The van der Waals surface area contributed by atoms with E-state index in [0.717, 1.165) is 17.8 Å². The normalized spacial score (nSPS) is 18.7. The van der Waals surface area contributed by atoms with Crippen LogP contribution >= 0.6 is 0 Å². The summed E-state index contributed by atoms with van der Waals surface area (Å²) >= 11 is 0. The lowest BCUT2D eigenvalue weighted by Gasteiger charge is -2.19. The van der Waals surface area contributed by atoms with Crippen LogP contribution in [0.3, 0.4) is 0 Å². The van der Waals surface area contributed by atoms with Gasteiger partial charge < -0.3 is 5.32 Å². The molecule has 0 unspecified atom stereocenters. The van der Waals surface area contributed by atoms with Gasteiger partial charge >= 0.3 is 0 Å². The van der Waals surface area contributed by atoms with Gasteiger partial charge in [-0.05, 0) is 61.3 Å². The molecule has 4 rings (SSSR count). The number of likely N-dealkylation sites (tertiary alicyclic amines) is 1. The van der Waals surface area contributed by atoms with Crippen LogP contribution in [0.1, 0.15) is 53.3 Å². The number of nitrogens with one attached hydrogen (secondary N) is 5. The average Bonchev–Trinajstić information content (AvgIpc) is 3.15. The number of hydrazine groups is 3. The predicted molar refractivity (Wildman–Crippen MR) is 110 cm³/mol. The van der Waals surface area contributed by atoms with E-state index in [-0.39, 0.29) is 12.1 Å². The topological polar surface area (TPSA) is 80.5 Å². The van der Waals surface area contributed by atoms with Crippen molar-refractivity contribution in [2.45, 2.75) is 38.4 Å². The van der Waals surface area contributed by atoms with Gasteiger partial charge in [-0.2, -0.15) is 11.1 Å². The first-order valence-corrected chi connectivity index (χ1v) is 10.0. The standard InChI is InChI=1S/C21H28N6O/c28-21(18-9-7-17(8-10-18)20-23-25-26-24-20)22-19-11-5-16(6-12-19)15-27-13-3-1-2-4-14-27/h5-12,20,23-26H,1-4,13-15H2,(H,22,28).